The molecule has 1 N–H and O–H groups in total. The molecule has 2 atom stereocenters. The predicted octanol–water partition coefficient (Wildman–Crippen LogP) is 0.497. The minimum Gasteiger partial charge on any atom is -0.466 e. The van der Waals surface area contributed by atoms with E-state index in [1.165, 1.54) is 0 Å². The second-order valence-electron chi connectivity index (χ2n) is 2.94. The van der Waals surface area contributed by atoms with Crippen LogP contribution in [-0.4, -0.2) is 31.8 Å². The van der Waals surface area contributed by atoms with Gasteiger partial charge >= 0.3 is 5.97 Å². The number of hydrogen-bond donors (Lipinski definition) is 1. The molecule has 0 unspecified atom stereocenters. The normalized spacial score (nSPS) is 29.8. The first-order chi connectivity index (χ1) is 5.74. The lowest BCUT2D eigenvalue weighted by Gasteiger charge is -2.23. The number of hydrogen-bond acceptors (Lipinski definition) is 3. The quantitative estimate of drug-likeness (QED) is 0.621. The molecule has 0 saturated carbocycles. The molecule has 12 heavy (non-hydrogen) atoms. The molecule has 0 aliphatic carbocycles. The highest BCUT2D eigenvalue weighted by molar-refractivity contribution is 5.72. The van der Waals surface area contributed by atoms with Gasteiger partial charge in [-0.1, -0.05) is 0 Å². The summed E-state index contributed by atoms with van der Waals surface area (Å²) in [5.74, 6) is -0.582. The van der Waals surface area contributed by atoms with Crippen LogP contribution in [0, 0.1) is 5.92 Å². The van der Waals surface area contributed by atoms with Crippen molar-refractivity contribution in [1.82, 2.24) is 5.32 Å². The van der Waals surface area contributed by atoms with Crippen molar-refractivity contribution in [2.24, 2.45) is 5.92 Å². The number of esters is 1. The van der Waals surface area contributed by atoms with Crippen molar-refractivity contribution in [3.63, 3.8) is 0 Å². The molecule has 0 aromatic carbocycles. The summed E-state index contributed by atoms with van der Waals surface area (Å²) < 4.78 is 17.5. The standard InChI is InChI=1S/C8H14FNO2/c1-2-12-8(11)6-3-7(9)5-10-4-6/h6-7,10H,2-5H2,1H3/t6-,7+/m1/s1. The summed E-state index contributed by atoms with van der Waals surface area (Å²) in [6.45, 7) is 3.02. The Kier molecular flexibility index (Phi) is 3.47. The summed E-state index contributed by atoms with van der Waals surface area (Å²) in [5, 5.41) is 2.85. The third kappa shape index (κ3) is 2.44. The molecule has 0 radical (unpaired) electrons. The van der Waals surface area contributed by atoms with Crippen molar-refractivity contribution >= 4 is 5.97 Å². The van der Waals surface area contributed by atoms with Crippen molar-refractivity contribution in [2.45, 2.75) is 19.5 Å². The molecular weight excluding hydrogens is 161 g/mol. The van der Waals surface area contributed by atoms with Crippen LogP contribution in [0.15, 0.2) is 0 Å². The number of carbonyl (C=O) groups excluding carboxylic acids is 1. The number of halogens is 1. The van der Waals surface area contributed by atoms with Gasteiger partial charge in [-0.3, -0.25) is 4.79 Å². The summed E-state index contributed by atoms with van der Waals surface area (Å²) in [6, 6.07) is 0. The summed E-state index contributed by atoms with van der Waals surface area (Å²) in [5.41, 5.74) is 0. The third-order valence-electron chi connectivity index (χ3n) is 1.92. The molecule has 70 valence electrons. The lowest BCUT2D eigenvalue weighted by Crippen LogP contribution is -2.41. The number of piperidine rings is 1. The Labute approximate surface area is 71.3 Å². The van der Waals surface area contributed by atoms with E-state index in [1.54, 1.807) is 6.92 Å². The van der Waals surface area contributed by atoms with E-state index >= 15 is 0 Å². The van der Waals surface area contributed by atoms with E-state index in [9.17, 15) is 9.18 Å². The van der Waals surface area contributed by atoms with E-state index in [4.69, 9.17) is 4.74 Å². The third-order valence-corrected chi connectivity index (χ3v) is 1.92. The van der Waals surface area contributed by atoms with Crippen LogP contribution in [0.3, 0.4) is 0 Å². The van der Waals surface area contributed by atoms with E-state index < -0.39 is 6.17 Å². The largest absolute Gasteiger partial charge is 0.466 e. The van der Waals surface area contributed by atoms with E-state index in [2.05, 4.69) is 5.32 Å². The molecule has 1 rings (SSSR count). The molecule has 0 bridgehead atoms. The molecule has 1 saturated heterocycles. The topological polar surface area (TPSA) is 38.3 Å². The molecule has 1 aliphatic rings. The number of nitrogens with one attached hydrogen (secondary N) is 1. The fourth-order valence-corrected chi connectivity index (χ4v) is 1.33. The zero-order valence-electron chi connectivity index (χ0n) is 7.18. The van der Waals surface area contributed by atoms with Crippen LogP contribution in [0.1, 0.15) is 13.3 Å². The molecule has 1 aliphatic heterocycles. The van der Waals surface area contributed by atoms with Gasteiger partial charge in [0.2, 0.25) is 0 Å². The molecule has 1 heterocycles. The Hall–Kier alpha value is -0.640. The number of alkyl halides is 1. The van der Waals surface area contributed by atoms with Crippen molar-refractivity contribution in [2.75, 3.05) is 19.7 Å². The van der Waals surface area contributed by atoms with Gasteiger partial charge in [0.25, 0.3) is 0 Å². The van der Waals surface area contributed by atoms with Crippen LogP contribution in [0.5, 0.6) is 0 Å². The van der Waals surface area contributed by atoms with E-state index in [0.717, 1.165) is 0 Å². The highest BCUT2D eigenvalue weighted by atomic mass is 19.1. The average Bonchev–Trinajstić information content (AvgIpc) is 2.05. The monoisotopic (exact) mass is 175 g/mol. The molecule has 1 fully saturated rings. The molecule has 0 aromatic rings. The first-order valence-electron chi connectivity index (χ1n) is 4.25. The van der Waals surface area contributed by atoms with Crippen molar-refractivity contribution in [3.8, 4) is 0 Å². The molecule has 0 amide bonds. The minimum atomic E-state index is -0.909. The van der Waals surface area contributed by atoms with Crippen LogP contribution in [0.25, 0.3) is 0 Å². The molecule has 3 nitrogen and oxygen atoms in total. The van der Waals surface area contributed by atoms with Crippen molar-refractivity contribution < 1.29 is 13.9 Å². The Balaban J connectivity index is 2.35. The smallest absolute Gasteiger partial charge is 0.310 e. The summed E-state index contributed by atoms with van der Waals surface area (Å²) in [4.78, 5) is 11.1. The molecular formula is C8H14FNO2. The van der Waals surface area contributed by atoms with Crippen LogP contribution in [0.2, 0.25) is 0 Å². The zero-order chi connectivity index (χ0) is 8.97. The van der Waals surface area contributed by atoms with Gasteiger partial charge in [-0.05, 0) is 13.3 Å². The van der Waals surface area contributed by atoms with Crippen LogP contribution in [-0.2, 0) is 9.53 Å². The lowest BCUT2D eigenvalue weighted by molar-refractivity contribution is -0.149. The fourth-order valence-electron chi connectivity index (χ4n) is 1.33. The SMILES string of the molecule is CCOC(=O)[C@H]1CNC[C@@H](F)C1. The van der Waals surface area contributed by atoms with Crippen LogP contribution < -0.4 is 5.32 Å². The lowest BCUT2D eigenvalue weighted by atomic mass is 9.99. The maximum absolute atomic E-state index is 12.8. The molecule has 0 aromatic heterocycles. The highest BCUT2D eigenvalue weighted by Crippen LogP contribution is 2.14. The predicted molar refractivity (Wildman–Crippen MR) is 42.5 cm³/mol. The first kappa shape index (κ1) is 9.45. The second kappa shape index (κ2) is 4.40. The number of rotatable bonds is 2. The second-order valence-corrected chi connectivity index (χ2v) is 2.94. The number of ether oxygens (including phenoxy) is 1. The zero-order valence-corrected chi connectivity index (χ0v) is 7.18. The number of carbonyl (C=O) groups is 1. The minimum absolute atomic E-state index is 0.285. The van der Waals surface area contributed by atoms with E-state index in [1.807, 2.05) is 0 Å². The van der Waals surface area contributed by atoms with Gasteiger partial charge in [0.15, 0.2) is 0 Å². The van der Waals surface area contributed by atoms with Gasteiger partial charge < -0.3 is 10.1 Å². The van der Waals surface area contributed by atoms with Gasteiger partial charge in [-0.25, -0.2) is 4.39 Å². The maximum atomic E-state index is 12.8. The van der Waals surface area contributed by atoms with Crippen molar-refractivity contribution in [3.05, 3.63) is 0 Å². The van der Waals surface area contributed by atoms with Gasteiger partial charge in [0.1, 0.15) is 6.17 Å². The maximum Gasteiger partial charge on any atom is 0.310 e. The summed E-state index contributed by atoms with van der Waals surface area (Å²) >= 11 is 0. The summed E-state index contributed by atoms with van der Waals surface area (Å²) in [6.07, 6.45) is -0.612. The highest BCUT2D eigenvalue weighted by Gasteiger charge is 2.27. The Bertz CT molecular complexity index is 163. The molecule has 4 heteroatoms. The van der Waals surface area contributed by atoms with Crippen molar-refractivity contribution in [1.29, 1.82) is 0 Å². The van der Waals surface area contributed by atoms with Gasteiger partial charge in [0, 0.05) is 13.1 Å². The molecule has 0 spiro atoms. The van der Waals surface area contributed by atoms with Crippen LogP contribution in [0.4, 0.5) is 4.39 Å². The van der Waals surface area contributed by atoms with Gasteiger partial charge in [-0.2, -0.15) is 0 Å². The fraction of sp³-hybridized carbons (Fsp3) is 0.875. The van der Waals surface area contributed by atoms with E-state index in [0.29, 0.717) is 26.1 Å². The Morgan fingerprint density at radius 2 is 2.42 bits per heavy atom. The van der Waals surface area contributed by atoms with Crippen LogP contribution >= 0.6 is 0 Å². The van der Waals surface area contributed by atoms with Gasteiger partial charge in [-0.15, -0.1) is 0 Å². The first-order valence-corrected chi connectivity index (χ1v) is 4.25. The Morgan fingerprint density at radius 1 is 1.67 bits per heavy atom. The van der Waals surface area contributed by atoms with E-state index in [-0.39, 0.29) is 11.9 Å². The van der Waals surface area contributed by atoms with Gasteiger partial charge in [0.05, 0.1) is 12.5 Å². The Morgan fingerprint density at radius 3 is 3.00 bits per heavy atom. The average molecular weight is 175 g/mol. The summed E-state index contributed by atoms with van der Waals surface area (Å²) in [7, 11) is 0.